The van der Waals surface area contributed by atoms with Crippen molar-refractivity contribution < 1.29 is 12.8 Å². The molecule has 1 fully saturated rings. The summed E-state index contributed by atoms with van der Waals surface area (Å²) in [4.78, 5) is 11.4. The van der Waals surface area contributed by atoms with Gasteiger partial charge in [-0.25, -0.2) is 17.8 Å². The molecule has 31 heavy (non-hydrogen) atoms. The Morgan fingerprint density at radius 1 is 0.903 bits per heavy atom. The number of anilines is 4. The summed E-state index contributed by atoms with van der Waals surface area (Å²) in [6.45, 7) is 3.94. The number of hydrogen-bond donors (Lipinski definition) is 2. The van der Waals surface area contributed by atoms with Crippen molar-refractivity contribution >= 4 is 33.2 Å². The highest BCUT2D eigenvalue weighted by molar-refractivity contribution is 7.92. The number of sulfonamides is 1. The molecule has 0 amide bonds. The van der Waals surface area contributed by atoms with Gasteiger partial charge in [-0.15, -0.1) is 0 Å². The zero-order chi connectivity index (χ0) is 21.8. The third-order valence-electron chi connectivity index (χ3n) is 5.04. The lowest BCUT2D eigenvalue weighted by molar-refractivity contribution is 0.573. The highest BCUT2D eigenvalue weighted by atomic mass is 32.2. The van der Waals surface area contributed by atoms with E-state index in [1.807, 2.05) is 13.0 Å². The Hall–Kier alpha value is -3.20. The van der Waals surface area contributed by atoms with Gasteiger partial charge in [-0.1, -0.05) is 0 Å². The largest absolute Gasteiger partial charge is 0.356 e. The van der Waals surface area contributed by atoms with Gasteiger partial charge < -0.3 is 10.2 Å². The second-order valence-electron chi connectivity index (χ2n) is 7.50. The number of nitrogens with zero attached hydrogens (tertiary/aromatic N) is 3. The Morgan fingerprint density at radius 2 is 1.55 bits per heavy atom. The number of hydrogen-bond acceptors (Lipinski definition) is 6. The molecule has 7 nitrogen and oxygen atoms in total. The van der Waals surface area contributed by atoms with Crippen LogP contribution in [0.3, 0.4) is 0 Å². The van der Waals surface area contributed by atoms with Gasteiger partial charge in [0, 0.05) is 36.2 Å². The fourth-order valence-electron chi connectivity index (χ4n) is 3.47. The molecule has 0 radical (unpaired) electrons. The molecule has 1 aliphatic rings. The van der Waals surface area contributed by atoms with Crippen molar-refractivity contribution in [1.29, 1.82) is 0 Å². The quantitative estimate of drug-likeness (QED) is 0.587. The normalized spacial score (nSPS) is 14.3. The third-order valence-corrected chi connectivity index (χ3v) is 6.44. The third kappa shape index (κ3) is 5.29. The fraction of sp³-hybridized carbons (Fsp3) is 0.273. The summed E-state index contributed by atoms with van der Waals surface area (Å²) in [5, 5.41) is 3.18. The van der Waals surface area contributed by atoms with Gasteiger partial charge in [-0.05, 0) is 74.7 Å². The lowest BCUT2D eigenvalue weighted by Gasteiger charge is -2.28. The average Bonchev–Trinajstić information content (AvgIpc) is 2.75. The summed E-state index contributed by atoms with van der Waals surface area (Å²) in [5.74, 6) is 0.926. The van der Waals surface area contributed by atoms with Crippen LogP contribution in [0.1, 0.15) is 25.0 Å². The smallest absolute Gasteiger partial charge is 0.261 e. The van der Waals surface area contributed by atoms with Crippen LogP contribution in [0.5, 0.6) is 0 Å². The molecule has 0 atom stereocenters. The summed E-state index contributed by atoms with van der Waals surface area (Å²) in [6, 6.07) is 13.4. The fourth-order valence-corrected chi connectivity index (χ4v) is 4.53. The molecule has 162 valence electrons. The molecule has 4 rings (SSSR count). The standard InChI is InChI=1S/C22H24FN5O2S/c1-16-15-21(28-13-3-2-4-14-28)26-22(24-16)25-18-7-9-19(10-8-18)27-31(29,30)20-11-5-17(23)6-12-20/h5-12,15,27H,2-4,13-14H2,1H3,(H,24,25,26). The summed E-state index contributed by atoms with van der Waals surface area (Å²) < 4.78 is 40.4. The van der Waals surface area contributed by atoms with E-state index in [1.54, 1.807) is 24.3 Å². The van der Waals surface area contributed by atoms with Gasteiger partial charge in [-0.3, -0.25) is 4.72 Å². The van der Waals surface area contributed by atoms with Crippen molar-refractivity contribution in [2.45, 2.75) is 31.1 Å². The summed E-state index contributed by atoms with van der Waals surface area (Å²) in [6.07, 6.45) is 3.59. The molecule has 1 aromatic heterocycles. The van der Waals surface area contributed by atoms with E-state index >= 15 is 0 Å². The maximum absolute atomic E-state index is 13.0. The SMILES string of the molecule is Cc1cc(N2CCCCC2)nc(Nc2ccc(NS(=O)(=O)c3ccc(F)cc3)cc2)n1. The van der Waals surface area contributed by atoms with E-state index in [0.717, 1.165) is 42.4 Å². The van der Waals surface area contributed by atoms with Crippen LogP contribution in [0.2, 0.25) is 0 Å². The number of aryl methyl sites for hydroxylation is 1. The van der Waals surface area contributed by atoms with Crippen LogP contribution in [0.4, 0.5) is 27.5 Å². The van der Waals surface area contributed by atoms with Crippen LogP contribution in [0.25, 0.3) is 0 Å². The van der Waals surface area contributed by atoms with Crippen molar-refractivity contribution in [2.24, 2.45) is 0 Å². The van der Waals surface area contributed by atoms with Crippen LogP contribution >= 0.6 is 0 Å². The minimum Gasteiger partial charge on any atom is -0.356 e. The monoisotopic (exact) mass is 441 g/mol. The lowest BCUT2D eigenvalue weighted by atomic mass is 10.1. The highest BCUT2D eigenvalue weighted by Crippen LogP contribution is 2.23. The summed E-state index contributed by atoms with van der Waals surface area (Å²) in [5.41, 5.74) is 2.01. The van der Waals surface area contributed by atoms with Gasteiger partial charge in [-0.2, -0.15) is 4.98 Å². The molecule has 9 heteroatoms. The van der Waals surface area contributed by atoms with Gasteiger partial charge in [0.1, 0.15) is 11.6 Å². The van der Waals surface area contributed by atoms with E-state index in [4.69, 9.17) is 0 Å². The van der Waals surface area contributed by atoms with E-state index in [-0.39, 0.29) is 4.90 Å². The number of piperidine rings is 1. The molecule has 2 aromatic carbocycles. The van der Waals surface area contributed by atoms with E-state index in [1.165, 1.54) is 31.4 Å². The Labute approximate surface area is 181 Å². The first-order valence-electron chi connectivity index (χ1n) is 10.2. The number of rotatable bonds is 6. The minimum absolute atomic E-state index is 0.00509. The van der Waals surface area contributed by atoms with Crippen molar-refractivity contribution in [1.82, 2.24) is 9.97 Å². The zero-order valence-electron chi connectivity index (χ0n) is 17.2. The molecular formula is C22H24FN5O2S. The molecule has 0 aliphatic carbocycles. The van der Waals surface area contributed by atoms with Crippen molar-refractivity contribution in [3.8, 4) is 0 Å². The molecule has 0 unspecified atom stereocenters. The molecule has 1 aliphatic heterocycles. The molecule has 3 aromatic rings. The summed E-state index contributed by atoms with van der Waals surface area (Å²) in [7, 11) is -3.79. The van der Waals surface area contributed by atoms with Gasteiger partial charge in [0.15, 0.2) is 0 Å². The topological polar surface area (TPSA) is 87.2 Å². The van der Waals surface area contributed by atoms with Crippen LogP contribution in [0, 0.1) is 12.7 Å². The van der Waals surface area contributed by atoms with Gasteiger partial charge in [0.05, 0.1) is 4.90 Å². The van der Waals surface area contributed by atoms with Gasteiger partial charge in [0.25, 0.3) is 10.0 Å². The maximum atomic E-state index is 13.0. The first kappa shape index (κ1) is 21.0. The maximum Gasteiger partial charge on any atom is 0.261 e. The summed E-state index contributed by atoms with van der Waals surface area (Å²) >= 11 is 0. The van der Waals surface area contributed by atoms with Gasteiger partial charge >= 0.3 is 0 Å². The molecule has 2 N–H and O–H groups in total. The number of aromatic nitrogens is 2. The Morgan fingerprint density at radius 3 is 2.23 bits per heavy atom. The van der Waals surface area contributed by atoms with Crippen LogP contribution in [0.15, 0.2) is 59.5 Å². The minimum atomic E-state index is -3.79. The Bertz CT molecular complexity index is 1150. The number of halogens is 1. The molecule has 0 saturated carbocycles. The molecule has 0 bridgehead atoms. The van der Waals surface area contributed by atoms with Crippen LogP contribution in [-0.2, 0) is 10.0 Å². The second-order valence-corrected chi connectivity index (χ2v) is 9.18. The number of nitrogens with one attached hydrogen (secondary N) is 2. The first-order valence-corrected chi connectivity index (χ1v) is 11.6. The second kappa shape index (κ2) is 8.89. The first-order chi connectivity index (χ1) is 14.9. The van der Waals surface area contributed by atoms with Crippen molar-refractivity contribution in [3.63, 3.8) is 0 Å². The Kier molecular flexibility index (Phi) is 6.03. The molecule has 1 saturated heterocycles. The van der Waals surface area contributed by atoms with Crippen molar-refractivity contribution in [2.75, 3.05) is 28.0 Å². The highest BCUT2D eigenvalue weighted by Gasteiger charge is 2.15. The molecule has 0 spiro atoms. The van der Waals surface area contributed by atoms with E-state index in [0.29, 0.717) is 11.6 Å². The van der Waals surface area contributed by atoms with E-state index in [2.05, 4.69) is 24.9 Å². The predicted molar refractivity (Wildman–Crippen MR) is 120 cm³/mol. The number of benzene rings is 2. The van der Waals surface area contributed by atoms with Crippen molar-refractivity contribution in [3.05, 3.63) is 66.1 Å². The molecular weight excluding hydrogens is 417 g/mol. The zero-order valence-corrected chi connectivity index (χ0v) is 18.0. The van der Waals surface area contributed by atoms with Crippen LogP contribution < -0.4 is 14.9 Å². The predicted octanol–water partition coefficient (Wildman–Crippen LogP) is 4.46. The average molecular weight is 442 g/mol. The van der Waals surface area contributed by atoms with Gasteiger partial charge in [0.2, 0.25) is 5.95 Å². The Balaban J connectivity index is 1.46. The molecule has 2 heterocycles. The lowest BCUT2D eigenvalue weighted by Crippen LogP contribution is -2.30. The van der Waals surface area contributed by atoms with E-state index in [9.17, 15) is 12.8 Å². The van der Waals surface area contributed by atoms with Crippen LogP contribution in [-0.4, -0.2) is 31.5 Å². The van der Waals surface area contributed by atoms with E-state index < -0.39 is 15.8 Å².